The normalized spacial score (nSPS) is 11.0. The molecule has 0 aliphatic carbocycles. The molecular formula is C12H16N2. The third-order valence-corrected chi connectivity index (χ3v) is 2.53. The van der Waals surface area contributed by atoms with Gasteiger partial charge in [0.15, 0.2) is 0 Å². The molecule has 0 bridgehead atoms. The molecule has 0 amide bonds. The van der Waals surface area contributed by atoms with Crippen molar-refractivity contribution in [2.24, 2.45) is 0 Å². The monoisotopic (exact) mass is 188 g/mol. The average molecular weight is 188 g/mol. The van der Waals surface area contributed by atoms with Gasteiger partial charge in [0.05, 0.1) is 0 Å². The van der Waals surface area contributed by atoms with Crippen LogP contribution in [-0.2, 0) is 6.54 Å². The zero-order valence-corrected chi connectivity index (χ0v) is 8.75. The van der Waals surface area contributed by atoms with E-state index in [-0.39, 0.29) is 0 Å². The lowest BCUT2D eigenvalue weighted by Gasteiger charge is -2.04. The highest BCUT2D eigenvalue weighted by Crippen LogP contribution is 2.16. The van der Waals surface area contributed by atoms with Crippen molar-refractivity contribution >= 4 is 10.9 Å². The predicted octanol–water partition coefficient (Wildman–Crippen LogP) is 2.17. The van der Waals surface area contributed by atoms with Crippen molar-refractivity contribution in [3.63, 3.8) is 0 Å². The van der Waals surface area contributed by atoms with Crippen molar-refractivity contribution in [3.05, 3.63) is 36.0 Å². The number of benzene rings is 1. The van der Waals surface area contributed by atoms with E-state index in [1.807, 2.05) is 7.05 Å². The molecule has 74 valence electrons. The quantitative estimate of drug-likeness (QED) is 0.781. The van der Waals surface area contributed by atoms with Gasteiger partial charge in [0.2, 0.25) is 0 Å². The Balaban J connectivity index is 2.37. The third-order valence-electron chi connectivity index (χ3n) is 2.53. The van der Waals surface area contributed by atoms with Crippen LogP contribution >= 0.6 is 0 Å². The van der Waals surface area contributed by atoms with E-state index >= 15 is 0 Å². The summed E-state index contributed by atoms with van der Waals surface area (Å²) in [5, 5.41) is 4.50. The second-order valence-electron chi connectivity index (χ2n) is 3.67. The number of aromatic nitrogens is 1. The summed E-state index contributed by atoms with van der Waals surface area (Å²) < 4.78 is 2.28. The van der Waals surface area contributed by atoms with Gasteiger partial charge in [-0.25, -0.2) is 0 Å². The van der Waals surface area contributed by atoms with Crippen LogP contribution in [0.4, 0.5) is 0 Å². The molecule has 2 aromatic rings. The lowest BCUT2D eigenvalue weighted by molar-refractivity contribution is 0.662. The van der Waals surface area contributed by atoms with Gasteiger partial charge in [-0.05, 0) is 37.6 Å². The maximum Gasteiger partial charge on any atom is 0.0480 e. The topological polar surface area (TPSA) is 17.0 Å². The van der Waals surface area contributed by atoms with Gasteiger partial charge in [-0.1, -0.05) is 11.6 Å². The Morgan fingerprint density at radius 2 is 2.14 bits per heavy atom. The molecule has 0 saturated carbocycles. The van der Waals surface area contributed by atoms with Gasteiger partial charge in [0.1, 0.15) is 0 Å². The fourth-order valence-corrected chi connectivity index (χ4v) is 1.75. The summed E-state index contributed by atoms with van der Waals surface area (Å²) in [4.78, 5) is 0. The van der Waals surface area contributed by atoms with E-state index in [9.17, 15) is 0 Å². The van der Waals surface area contributed by atoms with Crippen LogP contribution < -0.4 is 5.32 Å². The van der Waals surface area contributed by atoms with E-state index in [1.165, 1.54) is 16.5 Å². The molecule has 0 radical (unpaired) electrons. The van der Waals surface area contributed by atoms with Crippen LogP contribution in [0, 0.1) is 6.92 Å². The summed E-state index contributed by atoms with van der Waals surface area (Å²) in [5.74, 6) is 0. The number of likely N-dealkylation sites (N-methyl/N-ethyl adjacent to an activating group) is 1. The van der Waals surface area contributed by atoms with Gasteiger partial charge < -0.3 is 9.88 Å². The molecule has 2 nitrogen and oxygen atoms in total. The van der Waals surface area contributed by atoms with Crippen LogP contribution in [0.1, 0.15) is 5.56 Å². The van der Waals surface area contributed by atoms with Crippen LogP contribution in [0.3, 0.4) is 0 Å². The first kappa shape index (κ1) is 9.28. The average Bonchev–Trinajstić information content (AvgIpc) is 2.57. The Morgan fingerprint density at radius 3 is 2.93 bits per heavy atom. The standard InChI is InChI=1S/C12H16N2/c1-10-3-4-12-11(9-10)5-7-14(12)8-6-13-2/h3-5,7,9,13H,6,8H2,1-2H3. The van der Waals surface area contributed by atoms with Gasteiger partial charge in [-0.15, -0.1) is 0 Å². The summed E-state index contributed by atoms with van der Waals surface area (Å²) in [5.41, 5.74) is 2.65. The molecule has 1 heterocycles. The van der Waals surface area contributed by atoms with Crippen molar-refractivity contribution in [1.82, 2.24) is 9.88 Å². The molecule has 1 aromatic heterocycles. The summed E-state index contributed by atoms with van der Waals surface area (Å²) in [6, 6.07) is 8.77. The molecule has 0 unspecified atom stereocenters. The van der Waals surface area contributed by atoms with Gasteiger partial charge >= 0.3 is 0 Å². The highest BCUT2D eigenvalue weighted by molar-refractivity contribution is 5.80. The molecule has 14 heavy (non-hydrogen) atoms. The van der Waals surface area contributed by atoms with Gasteiger partial charge in [0, 0.05) is 24.8 Å². The molecular weight excluding hydrogens is 172 g/mol. The van der Waals surface area contributed by atoms with Crippen LogP contribution in [0.5, 0.6) is 0 Å². The second-order valence-corrected chi connectivity index (χ2v) is 3.67. The Labute approximate surface area is 84.5 Å². The molecule has 0 aliphatic rings. The maximum atomic E-state index is 3.16. The first-order chi connectivity index (χ1) is 6.81. The van der Waals surface area contributed by atoms with Crippen LogP contribution in [0.15, 0.2) is 30.5 Å². The molecule has 1 N–H and O–H groups in total. The Morgan fingerprint density at radius 1 is 1.29 bits per heavy atom. The van der Waals surface area contributed by atoms with E-state index in [0.29, 0.717) is 0 Å². The van der Waals surface area contributed by atoms with E-state index in [4.69, 9.17) is 0 Å². The van der Waals surface area contributed by atoms with Crippen LogP contribution in [-0.4, -0.2) is 18.2 Å². The fraction of sp³-hybridized carbons (Fsp3) is 0.333. The SMILES string of the molecule is CNCCn1ccc2cc(C)ccc21. The first-order valence-corrected chi connectivity index (χ1v) is 5.01. The number of nitrogens with one attached hydrogen (secondary N) is 1. The van der Waals surface area contributed by atoms with Crippen LogP contribution in [0.2, 0.25) is 0 Å². The smallest absolute Gasteiger partial charge is 0.0480 e. The number of nitrogens with zero attached hydrogens (tertiary/aromatic N) is 1. The minimum absolute atomic E-state index is 1.01. The fourth-order valence-electron chi connectivity index (χ4n) is 1.75. The Hall–Kier alpha value is -1.28. The summed E-state index contributed by atoms with van der Waals surface area (Å²) in [7, 11) is 1.98. The maximum absolute atomic E-state index is 3.16. The second kappa shape index (κ2) is 3.84. The predicted molar refractivity (Wildman–Crippen MR) is 60.6 cm³/mol. The zero-order valence-electron chi connectivity index (χ0n) is 8.75. The summed E-state index contributed by atoms with van der Waals surface area (Å²) in [6.45, 7) is 4.17. The molecule has 0 aliphatic heterocycles. The molecule has 2 rings (SSSR count). The van der Waals surface area contributed by atoms with Crippen molar-refractivity contribution in [3.8, 4) is 0 Å². The highest BCUT2D eigenvalue weighted by atomic mass is 15.0. The zero-order chi connectivity index (χ0) is 9.97. The lowest BCUT2D eigenvalue weighted by atomic mass is 10.2. The summed E-state index contributed by atoms with van der Waals surface area (Å²) >= 11 is 0. The van der Waals surface area contributed by atoms with Gasteiger partial charge in [-0.3, -0.25) is 0 Å². The van der Waals surface area contributed by atoms with Crippen LogP contribution in [0.25, 0.3) is 10.9 Å². The molecule has 1 aromatic carbocycles. The largest absolute Gasteiger partial charge is 0.346 e. The number of hydrogen-bond donors (Lipinski definition) is 1. The minimum atomic E-state index is 1.01. The number of fused-ring (bicyclic) bond motifs is 1. The molecule has 0 fully saturated rings. The van der Waals surface area contributed by atoms with Crippen molar-refractivity contribution in [1.29, 1.82) is 0 Å². The van der Waals surface area contributed by atoms with E-state index in [2.05, 4.69) is 47.3 Å². The minimum Gasteiger partial charge on any atom is -0.346 e. The van der Waals surface area contributed by atoms with E-state index in [0.717, 1.165) is 13.1 Å². The van der Waals surface area contributed by atoms with Crippen molar-refractivity contribution in [2.45, 2.75) is 13.5 Å². The summed E-state index contributed by atoms with van der Waals surface area (Å²) in [6.07, 6.45) is 2.15. The van der Waals surface area contributed by atoms with E-state index < -0.39 is 0 Å². The van der Waals surface area contributed by atoms with Crippen molar-refractivity contribution in [2.75, 3.05) is 13.6 Å². The highest BCUT2D eigenvalue weighted by Gasteiger charge is 1.99. The number of hydrogen-bond acceptors (Lipinski definition) is 1. The Kier molecular flexibility index (Phi) is 2.55. The first-order valence-electron chi connectivity index (χ1n) is 5.01. The lowest BCUT2D eigenvalue weighted by Crippen LogP contribution is -2.14. The number of aryl methyl sites for hydroxylation is 1. The van der Waals surface area contributed by atoms with Gasteiger partial charge in [0.25, 0.3) is 0 Å². The molecule has 0 atom stereocenters. The van der Waals surface area contributed by atoms with E-state index in [1.54, 1.807) is 0 Å². The van der Waals surface area contributed by atoms with Gasteiger partial charge in [-0.2, -0.15) is 0 Å². The van der Waals surface area contributed by atoms with Crippen molar-refractivity contribution < 1.29 is 0 Å². The third kappa shape index (κ3) is 1.66. The Bertz CT molecular complexity index is 429. The molecule has 0 saturated heterocycles. The number of rotatable bonds is 3. The molecule has 0 spiro atoms. The molecule has 2 heteroatoms.